The summed E-state index contributed by atoms with van der Waals surface area (Å²) < 4.78 is 17.8. The van der Waals surface area contributed by atoms with Gasteiger partial charge in [0.2, 0.25) is 5.88 Å². The molecule has 0 unspecified atom stereocenters. The molecule has 1 aromatic carbocycles. The third-order valence-corrected chi connectivity index (χ3v) is 2.17. The summed E-state index contributed by atoms with van der Waals surface area (Å²) in [7, 11) is 1.32. The van der Waals surface area contributed by atoms with Gasteiger partial charge in [-0.15, -0.1) is 0 Å². The predicted molar refractivity (Wildman–Crippen MR) is 55.2 cm³/mol. The van der Waals surface area contributed by atoms with Crippen LogP contribution in [0, 0.1) is 5.82 Å². The second kappa shape index (κ2) is 3.77. The van der Waals surface area contributed by atoms with Gasteiger partial charge in [-0.3, -0.25) is 0 Å². The number of fused-ring (bicyclic) bond motifs is 1. The van der Waals surface area contributed by atoms with E-state index in [4.69, 9.17) is 9.84 Å². The molecule has 0 aliphatic carbocycles. The van der Waals surface area contributed by atoms with Gasteiger partial charge in [-0.05, 0) is 18.2 Å². The number of halogens is 1. The first kappa shape index (κ1) is 10.4. The molecule has 5 heteroatoms. The van der Waals surface area contributed by atoms with Gasteiger partial charge >= 0.3 is 5.97 Å². The van der Waals surface area contributed by atoms with Crippen LogP contribution in [0.5, 0.6) is 5.88 Å². The lowest BCUT2D eigenvalue weighted by Crippen LogP contribution is -2.02. The van der Waals surface area contributed by atoms with Crippen molar-refractivity contribution in [3.05, 3.63) is 35.6 Å². The number of ether oxygens (including phenoxy) is 1. The average molecular weight is 221 g/mol. The lowest BCUT2D eigenvalue weighted by atomic mass is 10.1. The number of nitrogens with zero attached hydrogens (tertiary/aromatic N) is 1. The number of hydrogen-bond donors (Lipinski definition) is 1. The van der Waals surface area contributed by atoms with Gasteiger partial charge in [-0.2, -0.15) is 0 Å². The summed E-state index contributed by atoms with van der Waals surface area (Å²) in [5.41, 5.74) is 0.323. The standard InChI is InChI=1S/C11H8FNO3/c1-16-10-8(11(14)15)4-6-2-3-7(12)5-9(6)13-10/h2-5H,1H3,(H,14,15). The van der Waals surface area contributed by atoms with E-state index in [0.717, 1.165) is 0 Å². The molecule has 0 aliphatic rings. The van der Waals surface area contributed by atoms with Crippen molar-refractivity contribution in [1.82, 2.24) is 4.98 Å². The number of carboxylic acid groups (broad SMARTS) is 1. The Hall–Kier alpha value is -2.17. The van der Waals surface area contributed by atoms with Crippen LogP contribution in [-0.2, 0) is 0 Å². The molecule has 2 aromatic rings. The largest absolute Gasteiger partial charge is 0.480 e. The normalized spacial score (nSPS) is 10.4. The Balaban J connectivity index is 2.75. The molecule has 0 spiro atoms. The topological polar surface area (TPSA) is 59.4 Å². The van der Waals surface area contributed by atoms with E-state index >= 15 is 0 Å². The highest BCUT2D eigenvalue weighted by Gasteiger charge is 2.13. The molecule has 0 atom stereocenters. The van der Waals surface area contributed by atoms with Crippen LogP contribution in [0.3, 0.4) is 0 Å². The number of pyridine rings is 1. The molecule has 16 heavy (non-hydrogen) atoms. The summed E-state index contributed by atoms with van der Waals surface area (Å²) >= 11 is 0. The maximum absolute atomic E-state index is 12.9. The number of hydrogen-bond acceptors (Lipinski definition) is 3. The van der Waals surface area contributed by atoms with Crippen LogP contribution in [0.15, 0.2) is 24.3 Å². The van der Waals surface area contributed by atoms with Crippen LogP contribution in [0.4, 0.5) is 4.39 Å². The molecule has 0 radical (unpaired) electrons. The van der Waals surface area contributed by atoms with Gasteiger partial charge in [0.1, 0.15) is 11.4 Å². The second-order valence-electron chi connectivity index (χ2n) is 3.19. The number of aromatic carboxylic acids is 1. The van der Waals surface area contributed by atoms with E-state index in [-0.39, 0.29) is 11.4 Å². The molecule has 82 valence electrons. The number of methoxy groups -OCH3 is 1. The zero-order chi connectivity index (χ0) is 11.7. The maximum Gasteiger partial charge on any atom is 0.341 e. The molecule has 1 aromatic heterocycles. The van der Waals surface area contributed by atoms with Gasteiger partial charge in [-0.1, -0.05) is 0 Å². The van der Waals surface area contributed by atoms with Gasteiger partial charge in [0, 0.05) is 11.5 Å². The summed E-state index contributed by atoms with van der Waals surface area (Å²) in [6.45, 7) is 0. The molecule has 2 rings (SSSR count). The van der Waals surface area contributed by atoms with Crippen molar-refractivity contribution in [2.45, 2.75) is 0 Å². The number of carbonyl (C=O) groups is 1. The van der Waals surface area contributed by atoms with E-state index in [0.29, 0.717) is 10.9 Å². The fourth-order valence-corrected chi connectivity index (χ4v) is 1.43. The van der Waals surface area contributed by atoms with Crippen molar-refractivity contribution in [1.29, 1.82) is 0 Å². The quantitative estimate of drug-likeness (QED) is 0.843. The minimum absolute atomic E-state index is 0.0226. The first-order valence-corrected chi connectivity index (χ1v) is 4.49. The Labute approximate surface area is 90.3 Å². The lowest BCUT2D eigenvalue weighted by molar-refractivity contribution is 0.0692. The monoisotopic (exact) mass is 221 g/mol. The van der Waals surface area contributed by atoms with Crippen LogP contribution in [0.25, 0.3) is 10.9 Å². The summed E-state index contributed by atoms with van der Waals surface area (Å²) in [6, 6.07) is 5.36. The Bertz CT molecular complexity index is 568. The first-order valence-electron chi connectivity index (χ1n) is 4.49. The van der Waals surface area contributed by atoms with Gasteiger partial charge in [0.25, 0.3) is 0 Å². The van der Waals surface area contributed by atoms with Crippen LogP contribution < -0.4 is 4.74 Å². The average Bonchev–Trinajstić information content (AvgIpc) is 2.26. The second-order valence-corrected chi connectivity index (χ2v) is 3.19. The molecule has 0 fully saturated rings. The highest BCUT2D eigenvalue weighted by Crippen LogP contribution is 2.22. The lowest BCUT2D eigenvalue weighted by Gasteiger charge is -2.05. The zero-order valence-corrected chi connectivity index (χ0v) is 8.40. The summed E-state index contributed by atoms with van der Waals surface area (Å²) in [5.74, 6) is -1.58. The molecule has 1 N–H and O–H groups in total. The maximum atomic E-state index is 12.9. The summed E-state index contributed by atoms with van der Waals surface area (Å²) in [5, 5.41) is 9.47. The number of rotatable bonds is 2. The van der Waals surface area contributed by atoms with Crippen molar-refractivity contribution in [2.24, 2.45) is 0 Å². The van der Waals surface area contributed by atoms with Crippen molar-refractivity contribution < 1.29 is 19.0 Å². The molecule has 0 amide bonds. The Kier molecular flexibility index (Phi) is 2.44. The van der Waals surface area contributed by atoms with Crippen LogP contribution in [-0.4, -0.2) is 23.2 Å². The van der Waals surface area contributed by atoms with E-state index in [2.05, 4.69) is 4.98 Å². The van der Waals surface area contributed by atoms with Gasteiger partial charge in [0.05, 0.1) is 12.6 Å². The Morgan fingerprint density at radius 1 is 1.44 bits per heavy atom. The smallest absolute Gasteiger partial charge is 0.341 e. The fraction of sp³-hybridized carbons (Fsp3) is 0.0909. The van der Waals surface area contributed by atoms with E-state index in [1.54, 1.807) is 0 Å². The van der Waals surface area contributed by atoms with E-state index < -0.39 is 11.8 Å². The third kappa shape index (κ3) is 1.67. The predicted octanol–water partition coefficient (Wildman–Crippen LogP) is 2.08. The van der Waals surface area contributed by atoms with Gasteiger partial charge in [0.15, 0.2) is 0 Å². The van der Waals surface area contributed by atoms with Gasteiger partial charge in [-0.25, -0.2) is 14.2 Å². The van der Waals surface area contributed by atoms with Crippen molar-refractivity contribution in [3.8, 4) is 5.88 Å². The minimum atomic E-state index is -1.13. The van der Waals surface area contributed by atoms with Crippen LogP contribution >= 0.6 is 0 Å². The molecule has 1 heterocycles. The zero-order valence-electron chi connectivity index (χ0n) is 8.40. The van der Waals surface area contributed by atoms with Crippen molar-refractivity contribution in [3.63, 3.8) is 0 Å². The number of carboxylic acids is 1. The molecular weight excluding hydrogens is 213 g/mol. The molecule has 0 bridgehead atoms. The summed E-state index contributed by atoms with van der Waals surface area (Å²) in [4.78, 5) is 14.8. The molecule has 0 aliphatic heterocycles. The van der Waals surface area contributed by atoms with E-state index in [9.17, 15) is 9.18 Å². The molecule has 0 saturated heterocycles. The van der Waals surface area contributed by atoms with Crippen molar-refractivity contribution in [2.75, 3.05) is 7.11 Å². The molecule has 4 nitrogen and oxygen atoms in total. The molecular formula is C11H8FNO3. The highest BCUT2D eigenvalue weighted by molar-refractivity contribution is 5.95. The number of aromatic nitrogens is 1. The Morgan fingerprint density at radius 3 is 2.81 bits per heavy atom. The van der Waals surface area contributed by atoms with Crippen LogP contribution in [0.2, 0.25) is 0 Å². The third-order valence-electron chi connectivity index (χ3n) is 2.17. The number of benzene rings is 1. The highest BCUT2D eigenvalue weighted by atomic mass is 19.1. The van der Waals surface area contributed by atoms with Crippen LogP contribution in [0.1, 0.15) is 10.4 Å². The fourth-order valence-electron chi connectivity index (χ4n) is 1.43. The SMILES string of the molecule is COc1nc2cc(F)ccc2cc1C(=O)O. The first-order chi connectivity index (χ1) is 7.61. The van der Waals surface area contributed by atoms with E-state index in [1.807, 2.05) is 0 Å². The molecule has 0 saturated carbocycles. The summed E-state index contributed by atoms with van der Waals surface area (Å²) in [6.07, 6.45) is 0. The van der Waals surface area contributed by atoms with Crippen molar-refractivity contribution >= 4 is 16.9 Å². The van der Waals surface area contributed by atoms with Gasteiger partial charge < -0.3 is 9.84 Å². The minimum Gasteiger partial charge on any atom is -0.480 e. The van der Waals surface area contributed by atoms with E-state index in [1.165, 1.54) is 31.4 Å². The Morgan fingerprint density at radius 2 is 2.19 bits per heavy atom.